The summed E-state index contributed by atoms with van der Waals surface area (Å²) in [6, 6.07) is -0.0116. The maximum Gasteiger partial charge on any atom is 0.261 e. The van der Waals surface area contributed by atoms with Crippen molar-refractivity contribution >= 4 is 18.1 Å². The Morgan fingerprint density at radius 3 is 1.88 bits per heavy atom. The van der Waals surface area contributed by atoms with E-state index in [1.54, 1.807) is 0 Å². The van der Waals surface area contributed by atoms with Crippen LogP contribution in [-0.4, -0.2) is 45.8 Å². The molecule has 0 radical (unpaired) electrons. The Morgan fingerprint density at radius 2 is 1.62 bits per heavy atom. The van der Waals surface area contributed by atoms with Crippen LogP contribution in [0.1, 0.15) is 13.8 Å². The van der Waals surface area contributed by atoms with Gasteiger partial charge in [0, 0.05) is 20.1 Å². The van der Waals surface area contributed by atoms with Gasteiger partial charge in [-0.15, -0.1) is 0 Å². The molecule has 0 unspecified atom stereocenters. The third-order valence-corrected chi connectivity index (χ3v) is 8.51. The van der Waals surface area contributed by atoms with Crippen LogP contribution in [0, 0.1) is 0 Å². The summed E-state index contributed by atoms with van der Waals surface area (Å²) in [6.07, 6.45) is 0. The third-order valence-electron chi connectivity index (χ3n) is 2.50. The van der Waals surface area contributed by atoms with E-state index in [0.29, 0.717) is 4.53 Å². The van der Waals surface area contributed by atoms with Crippen molar-refractivity contribution < 1.29 is 8.42 Å². The smallest absolute Gasteiger partial charge is 0.261 e. The van der Waals surface area contributed by atoms with Crippen molar-refractivity contribution in [1.82, 2.24) is 9.21 Å². The summed E-state index contributed by atoms with van der Waals surface area (Å²) in [5.74, 6) is 0.883. The van der Waals surface area contributed by atoms with Gasteiger partial charge in [-0.25, -0.2) is 12.7 Å². The van der Waals surface area contributed by atoms with E-state index in [0.717, 1.165) is 5.82 Å². The number of sulfonamides is 1. The highest BCUT2D eigenvalue weighted by molar-refractivity contribution is 7.97. The summed E-state index contributed by atoms with van der Waals surface area (Å²) in [5, 5.41) is 0. The molecule has 1 aliphatic rings. The lowest BCUT2D eigenvalue weighted by molar-refractivity contribution is 0.301. The Morgan fingerprint density at radius 1 is 1.19 bits per heavy atom. The molecule has 0 aromatic carbocycles. The van der Waals surface area contributed by atoms with Gasteiger partial charge in [0.15, 0.2) is 0 Å². The molecule has 16 heavy (non-hydrogen) atoms. The molecule has 0 saturated heterocycles. The highest BCUT2D eigenvalue weighted by Gasteiger charge is 2.50. The fourth-order valence-electron chi connectivity index (χ4n) is 2.03. The van der Waals surface area contributed by atoms with Crippen LogP contribution in [-0.2, 0) is 10.0 Å². The van der Waals surface area contributed by atoms with Gasteiger partial charge in [0.2, 0.25) is 0 Å². The molecule has 94 valence electrons. The normalized spacial score (nSPS) is 20.1. The SMILES string of the molecule is CC(C)N1C(N(C)C)=C([Si](C)(C)C)S1(=O)=O. The molecule has 0 saturated carbocycles. The van der Waals surface area contributed by atoms with E-state index in [2.05, 4.69) is 19.6 Å². The average Bonchev–Trinajstić information content (AvgIpc) is 1.95. The minimum atomic E-state index is -3.18. The number of hydrogen-bond acceptors (Lipinski definition) is 3. The standard InChI is InChI=1S/C10H22N2O2SSi/c1-8(2)12-9(11(3)4)10(15(12,13)14)16(5,6)7/h8H,1-7H3. The fourth-order valence-corrected chi connectivity index (χ4v) is 8.13. The topological polar surface area (TPSA) is 40.6 Å². The Hall–Kier alpha value is -0.493. The Labute approximate surface area is 100.0 Å². The van der Waals surface area contributed by atoms with Crippen LogP contribution in [0.2, 0.25) is 19.6 Å². The summed E-state index contributed by atoms with van der Waals surface area (Å²) < 4.78 is 26.7. The zero-order valence-electron chi connectivity index (χ0n) is 11.2. The van der Waals surface area contributed by atoms with Crippen molar-refractivity contribution in [2.75, 3.05) is 14.1 Å². The van der Waals surface area contributed by atoms with E-state index < -0.39 is 18.1 Å². The fraction of sp³-hybridized carbons (Fsp3) is 0.800. The van der Waals surface area contributed by atoms with Crippen molar-refractivity contribution in [3.05, 3.63) is 10.3 Å². The van der Waals surface area contributed by atoms with Gasteiger partial charge in [0.05, 0.1) is 12.6 Å². The molecule has 1 rings (SSSR count). The van der Waals surface area contributed by atoms with Gasteiger partial charge in [0.1, 0.15) is 5.82 Å². The first-order valence-corrected chi connectivity index (χ1v) is 10.4. The maximum atomic E-state index is 12.2. The minimum Gasteiger partial charge on any atom is -0.363 e. The van der Waals surface area contributed by atoms with Gasteiger partial charge in [-0.1, -0.05) is 19.6 Å². The summed E-state index contributed by atoms with van der Waals surface area (Å²) in [5.41, 5.74) is 0. The second-order valence-electron chi connectivity index (χ2n) is 5.69. The van der Waals surface area contributed by atoms with Crippen LogP contribution in [0.15, 0.2) is 10.3 Å². The summed E-state index contributed by atoms with van der Waals surface area (Å²) >= 11 is 0. The van der Waals surface area contributed by atoms with E-state index >= 15 is 0 Å². The van der Waals surface area contributed by atoms with Crippen LogP contribution in [0.25, 0.3) is 0 Å². The van der Waals surface area contributed by atoms with E-state index in [4.69, 9.17) is 0 Å². The zero-order valence-corrected chi connectivity index (χ0v) is 13.0. The molecule has 1 heterocycles. The summed E-state index contributed by atoms with van der Waals surface area (Å²) in [7, 11) is -1.19. The molecule has 0 bridgehead atoms. The predicted molar refractivity (Wildman–Crippen MR) is 70.0 cm³/mol. The van der Waals surface area contributed by atoms with Gasteiger partial charge < -0.3 is 4.90 Å². The molecule has 0 amide bonds. The van der Waals surface area contributed by atoms with Crippen LogP contribution in [0.5, 0.6) is 0 Å². The maximum absolute atomic E-state index is 12.2. The Bertz CT molecular complexity index is 419. The minimum absolute atomic E-state index is 0.0116. The molecule has 0 aromatic heterocycles. The van der Waals surface area contributed by atoms with Crippen molar-refractivity contribution in [1.29, 1.82) is 0 Å². The first-order chi connectivity index (χ1) is 7.01. The lowest BCUT2D eigenvalue weighted by Gasteiger charge is -2.46. The average molecular weight is 262 g/mol. The summed E-state index contributed by atoms with van der Waals surface area (Å²) in [6.45, 7) is 10.0. The van der Waals surface area contributed by atoms with Crippen LogP contribution >= 0.6 is 0 Å². The lowest BCUT2D eigenvalue weighted by atomic mass is 10.4. The highest BCUT2D eigenvalue weighted by Crippen LogP contribution is 2.41. The molecule has 6 heteroatoms. The van der Waals surface area contributed by atoms with Gasteiger partial charge in [-0.05, 0) is 13.8 Å². The van der Waals surface area contributed by atoms with E-state index in [1.807, 2.05) is 32.8 Å². The largest absolute Gasteiger partial charge is 0.363 e. The van der Waals surface area contributed by atoms with Crippen LogP contribution in [0.3, 0.4) is 0 Å². The quantitative estimate of drug-likeness (QED) is 0.726. The number of rotatable bonds is 3. The van der Waals surface area contributed by atoms with E-state index in [9.17, 15) is 8.42 Å². The van der Waals surface area contributed by atoms with Crippen LogP contribution < -0.4 is 0 Å². The van der Waals surface area contributed by atoms with E-state index in [-0.39, 0.29) is 6.04 Å². The van der Waals surface area contributed by atoms with Crippen molar-refractivity contribution in [3.63, 3.8) is 0 Å². The van der Waals surface area contributed by atoms with Gasteiger partial charge >= 0.3 is 0 Å². The monoisotopic (exact) mass is 262 g/mol. The van der Waals surface area contributed by atoms with Gasteiger partial charge in [0.25, 0.3) is 10.0 Å². The zero-order chi connectivity index (χ0) is 12.9. The number of hydrogen-bond donors (Lipinski definition) is 0. The van der Waals surface area contributed by atoms with Crippen molar-refractivity contribution in [2.24, 2.45) is 0 Å². The molecular weight excluding hydrogens is 240 g/mol. The Balaban J connectivity index is 3.41. The second-order valence-corrected chi connectivity index (χ2v) is 12.8. The first kappa shape index (κ1) is 13.6. The highest BCUT2D eigenvalue weighted by atomic mass is 32.2. The van der Waals surface area contributed by atoms with Gasteiger partial charge in [-0.2, -0.15) is 0 Å². The molecular formula is C10H22N2O2SSi. The first-order valence-electron chi connectivity index (χ1n) is 5.47. The molecule has 0 fully saturated rings. The molecule has 0 aromatic rings. The predicted octanol–water partition coefficient (Wildman–Crippen LogP) is 1.65. The molecule has 0 N–H and O–H groups in total. The second kappa shape index (κ2) is 3.77. The molecule has 4 nitrogen and oxygen atoms in total. The lowest BCUT2D eigenvalue weighted by Crippen LogP contribution is -2.56. The molecule has 1 aliphatic heterocycles. The molecule has 0 spiro atoms. The summed E-state index contributed by atoms with van der Waals surface area (Å²) in [4.78, 5) is 1.91. The molecule has 0 aliphatic carbocycles. The third kappa shape index (κ3) is 1.88. The van der Waals surface area contributed by atoms with Crippen molar-refractivity contribution in [3.8, 4) is 0 Å². The van der Waals surface area contributed by atoms with Crippen LogP contribution in [0.4, 0.5) is 0 Å². The number of nitrogens with zero attached hydrogens (tertiary/aromatic N) is 2. The van der Waals surface area contributed by atoms with Crippen molar-refractivity contribution in [2.45, 2.75) is 39.5 Å². The van der Waals surface area contributed by atoms with E-state index in [1.165, 1.54) is 4.31 Å². The molecule has 0 atom stereocenters. The Kier molecular flexibility index (Phi) is 3.19. The van der Waals surface area contributed by atoms with Gasteiger partial charge in [-0.3, -0.25) is 0 Å².